The summed E-state index contributed by atoms with van der Waals surface area (Å²) < 4.78 is 36.9. The Hall–Kier alpha value is -2.83. The van der Waals surface area contributed by atoms with E-state index in [0.29, 0.717) is 45.0 Å². The molecule has 7 nitrogen and oxygen atoms in total. The summed E-state index contributed by atoms with van der Waals surface area (Å²) in [7, 11) is 1.67. The van der Waals surface area contributed by atoms with Gasteiger partial charge in [-0.2, -0.15) is 5.26 Å². The van der Waals surface area contributed by atoms with Crippen molar-refractivity contribution in [1.29, 1.82) is 5.26 Å². The Kier molecular flexibility index (Phi) is 5.79. The van der Waals surface area contributed by atoms with Crippen LogP contribution in [0.2, 0.25) is 0 Å². The number of rotatable bonds is 6. The zero-order valence-corrected chi connectivity index (χ0v) is 16.6. The molecule has 2 aromatic rings. The number of nitriles is 1. The quantitative estimate of drug-likeness (QED) is 0.772. The molecule has 0 unspecified atom stereocenters. The standard InChI is InChI=1S/C21H23F2N5O2/c1-29-16-11-28(12-16)19-10-15(21(13-24)3-6-30-7-4-21)9-18(27-19)26-17-8-14(20(22)23)2-5-25-17/h2,5,8-10,16,20H,3-4,6-7,11-12H2,1H3,(H,25,26,27). The van der Waals surface area contributed by atoms with Gasteiger partial charge in [0.1, 0.15) is 17.5 Å². The summed E-state index contributed by atoms with van der Waals surface area (Å²) in [5, 5.41) is 13.0. The van der Waals surface area contributed by atoms with Crippen molar-refractivity contribution in [1.82, 2.24) is 9.97 Å². The number of pyridine rings is 2. The van der Waals surface area contributed by atoms with Crippen molar-refractivity contribution in [2.24, 2.45) is 0 Å². The van der Waals surface area contributed by atoms with Crippen LogP contribution in [0.3, 0.4) is 0 Å². The summed E-state index contributed by atoms with van der Waals surface area (Å²) in [4.78, 5) is 10.8. The summed E-state index contributed by atoms with van der Waals surface area (Å²) in [5.41, 5.74) is 0.0510. The van der Waals surface area contributed by atoms with Crippen molar-refractivity contribution in [3.63, 3.8) is 0 Å². The minimum atomic E-state index is -2.58. The van der Waals surface area contributed by atoms with Gasteiger partial charge in [0.05, 0.1) is 17.6 Å². The normalized spacial score (nSPS) is 18.7. The first kappa shape index (κ1) is 20.4. The van der Waals surface area contributed by atoms with Gasteiger partial charge >= 0.3 is 0 Å². The van der Waals surface area contributed by atoms with Crippen molar-refractivity contribution in [3.05, 3.63) is 41.6 Å². The molecule has 2 aliphatic heterocycles. The Morgan fingerprint density at radius 1 is 1.27 bits per heavy atom. The van der Waals surface area contributed by atoms with Crippen molar-refractivity contribution < 1.29 is 18.3 Å². The van der Waals surface area contributed by atoms with Crippen LogP contribution in [-0.4, -0.2) is 49.5 Å². The third-order valence-corrected chi connectivity index (χ3v) is 5.72. The van der Waals surface area contributed by atoms with E-state index in [1.54, 1.807) is 7.11 Å². The highest BCUT2D eigenvalue weighted by atomic mass is 19.3. The van der Waals surface area contributed by atoms with Crippen molar-refractivity contribution in [2.75, 3.05) is 43.6 Å². The Labute approximate surface area is 173 Å². The Bertz CT molecular complexity index is 937. The Morgan fingerprint density at radius 2 is 2.03 bits per heavy atom. The molecule has 0 spiro atoms. The summed E-state index contributed by atoms with van der Waals surface area (Å²) in [6.45, 7) is 2.44. The topological polar surface area (TPSA) is 83.3 Å². The van der Waals surface area contributed by atoms with E-state index < -0.39 is 11.8 Å². The highest BCUT2D eigenvalue weighted by Gasteiger charge is 2.37. The molecule has 2 saturated heterocycles. The van der Waals surface area contributed by atoms with Crippen LogP contribution < -0.4 is 10.2 Å². The van der Waals surface area contributed by atoms with E-state index >= 15 is 0 Å². The molecule has 0 radical (unpaired) electrons. The molecule has 0 amide bonds. The highest BCUT2D eigenvalue weighted by Crippen LogP contribution is 2.38. The lowest BCUT2D eigenvalue weighted by atomic mass is 9.75. The van der Waals surface area contributed by atoms with Gasteiger partial charge in [0.15, 0.2) is 0 Å². The highest BCUT2D eigenvalue weighted by molar-refractivity contribution is 5.60. The monoisotopic (exact) mass is 415 g/mol. The van der Waals surface area contributed by atoms with Gasteiger partial charge in [0.25, 0.3) is 6.43 Å². The second kappa shape index (κ2) is 8.50. The number of anilines is 3. The average Bonchev–Trinajstić information content (AvgIpc) is 2.73. The first-order chi connectivity index (χ1) is 14.5. The second-order valence-electron chi connectivity index (χ2n) is 7.57. The minimum absolute atomic E-state index is 0.118. The zero-order chi connectivity index (χ0) is 21.1. The number of hydrogen-bond donors (Lipinski definition) is 1. The van der Waals surface area contributed by atoms with Gasteiger partial charge in [-0.15, -0.1) is 0 Å². The second-order valence-corrected chi connectivity index (χ2v) is 7.57. The number of aromatic nitrogens is 2. The molecule has 0 saturated carbocycles. The van der Waals surface area contributed by atoms with Gasteiger partial charge < -0.3 is 19.7 Å². The molecular formula is C21H23F2N5O2. The first-order valence-corrected chi connectivity index (χ1v) is 9.83. The molecule has 4 heterocycles. The van der Waals surface area contributed by atoms with Crippen molar-refractivity contribution in [2.45, 2.75) is 30.8 Å². The molecule has 0 aromatic carbocycles. The molecule has 1 N–H and O–H groups in total. The van der Waals surface area contributed by atoms with Crippen LogP contribution in [0.15, 0.2) is 30.5 Å². The van der Waals surface area contributed by atoms with Crippen LogP contribution >= 0.6 is 0 Å². The fourth-order valence-corrected chi connectivity index (χ4v) is 3.76. The summed E-state index contributed by atoms with van der Waals surface area (Å²) in [5.74, 6) is 1.46. The van der Waals surface area contributed by atoms with Crippen LogP contribution in [0.1, 0.15) is 30.4 Å². The third-order valence-electron chi connectivity index (χ3n) is 5.72. The predicted molar refractivity (Wildman–Crippen MR) is 107 cm³/mol. The lowest BCUT2D eigenvalue weighted by Gasteiger charge is -2.40. The first-order valence-electron chi connectivity index (χ1n) is 9.83. The maximum atomic E-state index is 13.0. The molecule has 0 bridgehead atoms. The number of halogens is 2. The number of methoxy groups -OCH3 is 1. The molecule has 9 heteroatoms. The van der Waals surface area contributed by atoms with E-state index in [1.807, 2.05) is 12.1 Å². The lowest BCUT2D eigenvalue weighted by molar-refractivity contribution is 0.0674. The predicted octanol–water partition coefficient (Wildman–Crippen LogP) is 3.56. The lowest BCUT2D eigenvalue weighted by Crippen LogP contribution is -2.52. The van der Waals surface area contributed by atoms with Crippen LogP contribution in [0.4, 0.5) is 26.2 Å². The maximum absolute atomic E-state index is 13.0. The molecule has 2 aromatic heterocycles. The van der Waals surface area contributed by atoms with Gasteiger partial charge in [0.2, 0.25) is 0 Å². The molecule has 0 atom stereocenters. The van der Waals surface area contributed by atoms with Crippen LogP contribution in [0, 0.1) is 11.3 Å². The van der Waals surface area contributed by atoms with E-state index in [4.69, 9.17) is 9.47 Å². The van der Waals surface area contributed by atoms with Gasteiger partial charge in [0, 0.05) is 45.2 Å². The zero-order valence-electron chi connectivity index (χ0n) is 16.6. The number of hydrogen-bond acceptors (Lipinski definition) is 7. The fourth-order valence-electron chi connectivity index (χ4n) is 3.76. The van der Waals surface area contributed by atoms with Crippen molar-refractivity contribution in [3.8, 4) is 6.07 Å². The van der Waals surface area contributed by atoms with Gasteiger partial charge in [-0.1, -0.05) is 0 Å². The number of ether oxygens (including phenoxy) is 2. The SMILES string of the molecule is COC1CN(c2cc(C3(C#N)CCOCC3)cc(Nc3cc(C(F)F)ccn3)n2)C1. The molecular weight excluding hydrogens is 392 g/mol. The Balaban J connectivity index is 1.69. The van der Waals surface area contributed by atoms with Crippen LogP contribution in [-0.2, 0) is 14.9 Å². The molecule has 0 aliphatic carbocycles. The number of nitrogens with zero attached hydrogens (tertiary/aromatic N) is 4. The van der Waals surface area contributed by atoms with E-state index in [9.17, 15) is 14.0 Å². The van der Waals surface area contributed by atoms with Crippen molar-refractivity contribution >= 4 is 17.5 Å². The summed E-state index contributed by atoms with van der Waals surface area (Å²) >= 11 is 0. The molecule has 2 fully saturated rings. The van der Waals surface area contributed by atoms with Gasteiger partial charge in [-0.25, -0.2) is 18.7 Å². The molecule has 158 valence electrons. The summed E-state index contributed by atoms with van der Waals surface area (Å²) in [6, 6.07) is 8.81. The van der Waals surface area contributed by atoms with Gasteiger partial charge in [-0.3, -0.25) is 0 Å². The van der Waals surface area contributed by atoms with E-state index in [1.165, 1.54) is 18.3 Å². The van der Waals surface area contributed by atoms with Crippen LogP contribution in [0.25, 0.3) is 0 Å². The molecule has 2 aliphatic rings. The number of nitrogens with one attached hydrogen (secondary N) is 1. The molecule has 30 heavy (non-hydrogen) atoms. The Morgan fingerprint density at radius 3 is 2.70 bits per heavy atom. The number of alkyl halides is 2. The maximum Gasteiger partial charge on any atom is 0.264 e. The molecule has 4 rings (SSSR count). The minimum Gasteiger partial charge on any atom is -0.381 e. The average molecular weight is 415 g/mol. The van der Waals surface area contributed by atoms with E-state index in [2.05, 4.69) is 26.3 Å². The van der Waals surface area contributed by atoms with Gasteiger partial charge in [-0.05, 0) is 42.7 Å². The smallest absolute Gasteiger partial charge is 0.264 e. The van der Waals surface area contributed by atoms with Crippen LogP contribution in [0.5, 0.6) is 0 Å². The van der Waals surface area contributed by atoms with E-state index in [0.717, 1.165) is 11.4 Å². The fraction of sp³-hybridized carbons (Fsp3) is 0.476. The largest absolute Gasteiger partial charge is 0.381 e. The van der Waals surface area contributed by atoms with E-state index in [-0.39, 0.29) is 17.5 Å². The third kappa shape index (κ3) is 4.06. The summed E-state index contributed by atoms with van der Waals surface area (Å²) in [6.07, 6.45) is 0.0738.